The van der Waals surface area contributed by atoms with E-state index in [0.717, 1.165) is 18.4 Å². The molecule has 4 N–H and O–H groups in total. The lowest BCUT2D eigenvalue weighted by Gasteiger charge is -2.14. The van der Waals surface area contributed by atoms with Gasteiger partial charge in [0.15, 0.2) is 0 Å². The van der Waals surface area contributed by atoms with Gasteiger partial charge in [-0.25, -0.2) is 0 Å². The van der Waals surface area contributed by atoms with Gasteiger partial charge in [0.2, 0.25) is 0 Å². The van der Waals surface area contributed by atoms with Gasteiger partial charge in [0.25, 0.3) is 0 Å². The first kappa shape index (κ1) is 14.6. The summed E-state index contributed by atoms with van der Waals surface area (Å²) in [5.74, 6) is -0.903. The third kappa shape index (κ3) is 5.77. The zero-order valence-corrected chi connectivity index (χ0v) is 10.3. The van der Waals surface area contributed by atoms with Gasteiger partial charge in [-0.1, -0.05) is 30.3 Å². The number of unbranched alkanes of at least 4 members (excludes halogenated alkanes) is 1. The van der Waals surface area contributed by atoms with Crippen molar-refractivity contribution in [3.8, 4) is 0 Å². The molecule has 0 aromatic heterocycles. The lowest BCUT2D eigenvalue weighted by atomic mass is 10.1. The second kappa shape index (κ2) is 8.63. The van der Waals surface area contributed by atoms with Crippen LogP contribution in [0.1, 0.15) is 24.8 Å². The van der Waals surface area contributed by atoms with Crippen LogP contribution in [0, 0.1) is 0 Å². The number of aliphatic carboxylic acids is 1. The predicted octanol–water partition coefficient (Wildman–Crippen LogP) is 1.29. The molecule has 0 spiro atoms. The fourth-order valence-corrected chi connectivity index (χ4v) is 1.53. The van der Waals surface area contributed by atoms with E-state index in [1.54, 1.807) is 0 Å². The maximum absolute atomic E-state index is 11.0. The molecule has 0 radical (unpaired) electrons. The van der Waals surface area contributed by atoms with Gasteiger partial charge >= 0.3 is 5.97 Å². The Kier molecular flexibility index (Phi) is 7.01. The molecule has 0 saturated heterocycles. The molecule has 1 rings (SSSR count). The first-order chi connectivity index (χ1) is 8.74. The van der Waals surface area contributed by atoms with Crippen molar-refractivity contribution in [1.82, 2.24) is 5.48 Å². The number of benzene rings is 1. The molecule has 0 aliphatic carbocycles. The van der Waals surface area contributed by atoms with Crippen LogP contribution in [-0.2, 0) is 16.2 Å². The summed E-state index contributed by atoms with van der Waals surface area (Å²) in [5, 5.41) is 9.00. The lowest BCUT2D eigenvalue weighted by molar-refractivity contribution is -0.145. The third-order valence-electron chi connectivity index (χ3n) is 2.55. The lowest BCUT2D eigenvalue weighted by Crippen LogP contribution is -2.36. The Balaban J connectivity index is 2.27. The highest BCUT2D eigenvalue weighted by molar-refractivity contribution is 5.73. The van der Waals surface area contributed by atoms with Gasteiger partial charge < -0.3 is 10.8 Å². The number of nitrogens with two attached hydrogens (primary N) is 1. The van der Waals surface area contributed by atoms with E-state index < -0.39 is 12.0 Å². The van der Waals surface area contributed by atoms with E-state index in [-0.39, 0.29) is 0 Å². The van der Waals surface area contributed by atoms with E-state index in [4.69, 9.17) is 15.7 Å². The number of carboxylic acid groups (broad SMARTS) is 1. The second-order valence-corrected chi connectivity index (χ2v) is 4.07. The predicted molar refractivity (Wildman–Crippen MR) is 68.7 cm³/mol. The summed E-state index contributed by atoms with van der Waals surface area (Å²) in [7, 11) is 0. The average Bonchev–Trinajstić information content (AvgIpc) is 2.38. The quantitative estimate of drug-likeness (QED) is 0.455. The highest BCUT2D eigenvalue weighted by Gasteiger charge is 2.16. The van der Waals surface area contributed by atoms with Crippen LogP contribution in [0.3, 0.4) is 0 Å². The normalized spacial score (nSPS) is 12.3. The van der Waals surface area contributed by atoms with Crippen molar-refractivity contribution in [3.63, 3.8) is 0 Å². The smallest absolute Gasteiger partial charge is 0.323 e. The van der Waals surface area contributed by atoms with Crippen LogP contribution >= 0.6 is 0 Å². The summed E-state index contributed by atoms with van der Waals surface area (Å²) in [4.78, 5) is 16.2. The minimum absolute atomic E-state index is 0.349. The Morgan fingerprint density at radius 3 is 2.67 bits per heavy atom. The molecule has 1 unspecified atom stereocenters. The maximum Gasteiger partial charge on any atom is 0.323 e. The first-order valence-electron chi connectivity index (χ1n) is 6.08. The van der Waals surface area contributed by atoms with Gasteiger partial charge in [0.05, 0.1) is 6.61 Å². The zero-order valence-electron chi connectivity index (χ0n) is 10.3. The maximum atomic E-state index is 11.0. The van der Waals surface area contributed by atoms with Crippen LogP contribution in [0.15, 0.2) is 30.3 Å². The largest absolute Gasteiger partial charge is 0.480 e. The zero-order chi connectivity index (χ0) is 13.2. The Hall–Kier alpha value is -1.43. The number of hydrogen-bond donors (Lipinski definition) is 3. The Bertz CT molecular complexity index is 343. The summed E-state index contributed by atoms with van der Waals surface area (Å²) < 4.78 is 0. The molecule has 0 bridgehead atoms. The molecule has 0 aliphatic heterocycles. The SMILES string of the molecule is NCCCCC(NOCc1ccccc1)C(=O)O. The molecule has 0 fully saturated rings. The van der Waals surface area contributed by atoms with Crippen molar-refractivity contribution >= 4 is 5.97 Å². The van der Waals surface area contributed by atoms with Crippen molar-refractivity contribution in [1.29, 1.82) is 0 Å². The van der Waals surface area contributed by atoms with E-state index in [0.29, 0.717) is 19.6 Å². The number of nitrogens with one attached hydrogen (secondary N) is 1. The molecular formula is C13H20N2O3. The van der Waals surface area contributed by atoms with Crippen molar-refractivity contribution in [2.75, 3.05) is 6.54 Å². The Labute approximate surface area is 107 Å². The minimum Gasteiger partial charge on any atom is -0.480 e. The van der Waals surface area contributed by atoms with Crippen molar-refractivity contribution < 1.29 is 14.7 Å². The number of rotatable bonds is 9. The van der Waals surface area contributed by atoms with E-state index in [1.807, 2.05) is 30.3 Å². The fourth-order valence-electron chi connectivity index (χ4n) is 1.53. The van der Waals surface area contributed by atoms with Gasteiger partial charge in [-0.3, -0.25) is 9.63 Å². The van der Waals surface area contributed by atoms with Gasteiger partial charge in [-0.2, -0.15) is 5.48 Å². The first-order valence-corrected chi connectivity index (χ1v) is 6.08. The van der Waals surface area contributed by atoms with Crippen LogP contribution in [-0.4, -0.2) is 23.7 Å². The van der Waals surface area contributed by atoms with E-state index in [1.165, 1.54) is 0 Å². The summed E-state index contributed by atoms with van der Waals surface area (Å²) in [6.07, 6.45) is 2.11. The van der Waals surface area contributed by atoms with Crippen molar-refractivity contribution in [2.24, 2.45) is 5.73 Å². The van der Waals surface area contributed by atoms with Crippen molar-refractivity contribution in [2.45, 2.75) is 31.9 Å². The average molecular weight is 252 g/mol. The van der Waals surface area contributed by atoms with E-state index in [9.17, 15) is 4.79 Å². The van der Waals surface area contributed by atoms with E-state index >= 15 is 0 Å². The highest BCUT2D eigenvalue weighted by Crippen LogP contribution is 2.03. The molecule has 1 aromatic carbocycles. The molecular weight excluding hydrogens is 232 g/mol. The highest BCUT2D eigenvalue weighted by atomic mass is 16.6. The molecule has 0 aliphatic rings. The molecule has 1 aromatic rings. The molecule has 0 saturated carbocycles. The Morgan fingerprint density at radius 1 is 1.33 bits per heavy atom. The van der Waals surface area contributed by atoms with Gasteiger partial charge in [-0.15, -0.1) is 0 Å². The van der Waals surface area contributed by atoms with E-state index in [2.05, 4.69) is 5.48 Å². The van der Waals surface area contributed by atoms with Gasteiger partial charge in [-0.05, 0) is 31.4 Å². The molecule has 1 atom stereocenters. The third-order valence-corrected chi connectivity index (χ3v) is 2.55. The molecule has 100 valence electrons. The standard InChI is InChI=1S/C13H20N2O3/c14-9-5-4-8-12(13(16)17)15-18-10-11-6-2-1-3-7-11/h1-3,6-7,12,15H,4-5,8-10,14H2,(H,16,17). The molecule has 0 heterocycles. The summed E-state index contributed by atoms with van der Waals surface area (Å²) in [6.45, 7) is 0.929. The van der Waals surface area contributed by atoms with Gasteiger partial charge in [0, 0.05) is 0 Å². The topological polar surface area (TPSA) is 84.6 Å². The Morgan fingerprint density at radius 2 is 2.06 bits per heavy atom. The van der Waals surface area contributed by atoms with Crippen LogP contribution < -0.4 is 11.2 Å². The second-order valence-electron chi connectivity index (χ2n) is 4.07. The number of carboxylic acids is 1. The summed E-state index contributed by atoms with van der Waals surface area (Å²) >= 11 is 0. The molecule has 5 heteroatoms. The van der Waals surface area contributed by atoms with Crippen molar-refractivity contribution in [3.05, 3.63) is 35.9 Å². The minimum atomic E-state index is -0.903. The van der Waals surface area contributed by atoms with Crippen LogP contribution in [0.2, 0.25) is 0 Å². The molecule has 5 nitrogen and oxygen atoms in total. The van der Waals surface area contributed by atoms with Crippen LogP contribution in [0.25, 0.3) is 0 Å². The monoisotopic (exact) mass is 252 g/mol. The molecule has 18 heavy (non-hydrogen) atoms. The number of carbonyl (C=O) groups is 1. The van der Waals surface area contributed by atoms with Gasteiger partial charge in [0.1, 0.15) is 6.04 Å². The number of hydrogen-bond acceptors (Lipinski definition) is 4. The van der Waals surface area contributed by atoms with Crippen LogP contribution in [0.4, 0.5) is 0 Å². The van der Waals surface area contributed by atoms with Crippen LogP contribution in [0.5, 0.6) is 0 Å². The number of hydroxylamine groups is 1. The molecule has 0 amide bonds. The summed E-state index contributed by atoms with van der Waals surface area (Å²) in [5.41, 5.74) is 8.95. The fraction of sp³-hybridized carbons (Fsp3) is 0.462. The summed E-state index contributed by atoms with van der Waals surface area (Å²) in [6, 6.07) is 8.91.